The van der Waals surface area contributed by atoms with Crippen molar-refractivity contribution in [2.24, 2.45) is 0 Å². The summed E-state index contributed by atoms with van der Waals surface area (Å²) in [4.78, 5) is 32.2. The highest BCUT2D eigenvalue weighted by atomic mass is 16.5. The summed E-state index contributed by atoms with van der Waals surface area (Å²) in [5.41, 5.74) is 1.86. The zero-order valence-electron chi connectivity index (χ0n) is 18.0. The highest BCUT2D eigenvalue weighted by Crippen LogP contribution is 2.38. The van der Waals surface area contributed by atoms with E-state index in [9.17, 15) is 9.59 Å². The molecule has 32 heavy (non-hydrogen) atoms. The summed E-state index contributed by atoms with van der Waals surface area (Å²) in [6.07, 6.45) is 5.78. The van der Waals surface area contributed by atoms with Crippen LogP contribution in [0.1, 0.15) is 53.3 Å². The summed E-state index contributed by atoms with van der Waals surface area (Å²) < 4.78 is 6.27. The minimum Gasteiger partial charge on any atom is -0.454 e. The predicted molar refractivity (Wildman–Crippen MR) is 125 cm³/mol. The highest BCUT2D eigenvalue weighted by molar-refractivity contribution is 6.26. The van der Waals surface area contributed by atoms with Gasteiger partial charge in [0.2, 0.25) is 0 Å². The molecule has 5 nitrogen and oxygen atoms in total. The fourth-order valence-electron chi connectivity index (χ4n) is 4.39. The zero-order chi connectivity index (χ0) is 22.1. The minimum absolute atomic E-state index is 0.228. The van der Waals surface area contributed by atoms with Crippen LogP contribution in [-0.4, -0.2) is 28.2 Å². The van der Waals surface area contributed by atoms with Crippen molar-refractivity contribution in [3.8, 4) is 11.5 Å². The Morgan fingerprint density at radius 3 is 2.44 bits per heavy atom. The van der Waals surface area contributed by atoms with E-state index in [0.717, 1.165) is 42.0 Å². The molecule has 0 aliphatic carbocycles. The topological polar surface area (TPSA) is 59.5 Å². The Morgan fingerprint density at radius 2 is 1.59 bits per heavy atom. The number of pyridine rings is 1. The molecule has 0 radical (unpaired) electrons. The number of ether oxygens (including phenoxy) is 1. The fourth-order valence-corrected chi connectivity index (χ4v) is 4.39. The minimum atomic E-state index is -0.228. The number of carbonyl (C=O) groups is 2. The van der Waals surface area contributed by atoms with Gasteiger partial charge in [-0.15, -0.1) is 0 Å². The van der Waals surface area contributed by atoms with E-state index in [0.29, 0.717) is 34.6 Å². The molecule has 5 rings (SSSR count). The summed E-state index contributed by atoms with van der Waals surface area (Å²) >= 11 is 0. The first-order valence-electron chi connectivity index (χ1n) is 11.1. The molecule has 1 aliphatic rings. The molecule has 3 aromatic carbocycles. The van der Waals surface area contributed by atoms with E-state index in [1.807, 2.05) is 48.5 Å². The molecule has 2 amide bonds. The number of carbonyl (C=O) groups excluding carboxylic acids is 2. The average molecular weight is 425 g/mol. The Labute approximate surface area is 186 Å². The lowest BCUT2D eigenvalue weighted by Crippen LogP contribution is -2.40. The number of amides is 2. The van der Waals surface area contributed by atoms with Crippen molar-refractivity contribution < 1.29 is 14.3 Å². The molecular formula is C27H24N2O3. The van der Waals surface area contributed by atoms with Crippen LogP contribution in [0.5, 0.6) is 11.5 Å². The quantitative estimate of drug-likeness (QED) is 0.256. The average Bonchev–Trinajstić information content (AvgIpc) is 2.83. The van der Waals surface area contributed by atoms with Crippen molar-refractivity contribution in [2.75, 3.05) is 6.54 Å². The van der Waals surface area contributed by atoms with Gasteiger partial charge in [0.1, 0.15) is 11.3 Å². The Hall–Kier alpha value is -3.73. The van der Waals surface area contributed by atoms with Crippen molar-refractivity contribution in [1.29, 1.82) is 0 Å². The maximum atomic E-state index is 13.2. The van der Waals surface area contributed by atoms with Gasteiger partial charge in [-0.3, -0.25) is 19.5 Å². The van der Waals surface area contributed by atoms with Gasteiger partial charge in [-0.05, 0) is 36.8 Å². The van der Waals surface area contributed by atoms with E-state index >= 15 is 0 Å². The van der Waals surface area contributed by atoms with Crippen molar-refractivity contribution >= 4 is 33.5 Å². The van der Waals surface area contributed by atoms with Crippen LogP contribution in [0.2, 0.25) is 0 Å². The fraction of sp³-hybridized carbons (Fsp3) is 0.222. The molecule has 5 heteroatoms. The van der Waals surface area contributed by atoms with Gasteiger partial charge in [-0.1, -0.05) is 56.5 Å². The van der Waals surface area contributed by atoms with Crippen LogP contribution in [-0.2, 0) is 0 Å². The second-order valence-electron chi connectivity index (χ2n) is 8.10. The Morgan fingerprint density at radius 1 is 0.812 bits per heavy atom. The van der Waals surface area contributed by atoms with Crippen molar-refractivity contribution in [3.05, 3.63) is 78.0 Å². The van der Waals surface area contributed by atoms with Gasteiger partial charge >= 0.3 is 0 Å². The SMILES string of the molecule is CCCCCCN1C(=O)c2cccc3c(Oc4cccc5cccnc45)ccc(c23)C1=O. The Kier molecular flexibility index (Phi) is 5.31. The first-order valence-corrected chi connectivity index (χ1v) is 11.1. The van der Waals surface area contributed by atoms with Gasteiger partial charge in [-0.25, -0.2) is 0 Å². The molecule has 160 valence electrons. The number of hydrogen-bond acceptors (Lipinski definition) is 4. The largest absolute Gasteiger partial charge is 0.454 e. The van der Waals surface area contributed by atoms with Gasteiger partial charge in [0.05, 0.1) is 0 Å². The molecule has 0 bridgehead atoms. The van der Waals surface area contributed by atoms with E-state index in [-0.39, 0.29) is 11.8 Å². The highest BCUT2D eigenvalue weighted by Gasteiger charge is 2.33. The molecule has 1 aliphatic heterocycles. The summed E-state index contributed by atoms with van der Waals surface area (Å²) in [6.45, 7) is 2.59. The molecule has 0 N–H and O–H groups in total. The van der Waals surface area contributed by atoms with Gasteiger partial charge in [0, 0.05) is 40.0 Å². The van der Waals surface area contributed by atoms with E-state index in [4.69, 9.17) is 4.74 Å². The van der Waals surface area contributed by atoms with E-state index < -0.39 is 0 Å². The Bertz CT molecular complexity index is 1320. The normalized spacial score (nSPS) is 13.2. The number of rotatable bonds is 7. The van der Waals surface area contributed by atoms with Crippen molar-refractivity contribution in [3.63, 3.8) is 0 Å². The van der Waals surface area contributed by atoms with E-state index in [1.54, 1.807) is 18.3 Å². The van der Waals surface area contributed by atoms with Crippen LogP contribution in [0.15, 0.2) is 66.9 Å². The maximum absolute atomic E-state index is 13.2. The van der Waals surface area contributed by atoms with Crippen molar-refractivity contribution in [1.82, 2.24) is 9.88 Å². The van der Waals surface area contributed by atoms with Gasteiger partial charge < -0.3 is 4.74 Å². The number of benzene rings is 3. The molecule has 1 aromatic heterocycles. The first-order chi connectivity index (χ1) is 15.7. The number of hydrogen-bond donors (Lipinski definition) is 0. The summed E-state index contributed by atoms with van der Waals surface area (Å²) in [5.74, 6) is 0.776. The maximum Gasteiger partial charge on any atom is 0.261 e. The number of para-hydroxylation sites is 1. The smallest absolute Gasteiger partial charge is 0.261 e. The third-order valence-electron chi connectivity index (χ3n) is 6.00. The zero-order valence-corrected chi connectivity index (χ0v) is 18.0. The summed E-state index contributed by atoms with van der Waals surface area (Å²) in [7, 11) is 0. The number of fused-ring (bicyclic) bond motifs is 1. The number of aromatic nitrogens is 1. The molecule has 0 fully saturated rings. The van der Waals surface area contributed by atoms with Crippen LogP contribution in [0.25, 0.3) is 21.7 Å². The number of unbranched alkanes of at least 4 members (excludes halogenated alkanes) is 3. The monoisotopic (exact) mass is 424 g/mol. The van der Waals surface area contributed by atoms with Crippen LogP contribution in [0, 0.1) is 0 Å². The molecule has 0 saturated heterocycles. The van der Waals surface area contributed by atoms with E-state index in [2.05, 4.69) is 11.9 Å². The molecule has 0 atom stereocenters. The van der Waals surface area contributed by atoms with Crippen LogP contribution >= 0.6 is 0 Å². The van der Waals surface area contributed by atoms with Crippen LogP contribution < -0.4 is 4.74 Å². The number of nitrogens with zero attached hydrogens (tertiary/aromatic N) is 2. The molecule has 0 unspecified atom stereocenters. The summed E-state index contributed by atoms with van der Waals surface area (Å²) in [5, 5.41) is 2.40. The first kappa shape index (κ1) is 20.2. The van der Waals surface area contributed by atoms with Gasteiger partial charge in [0.25, 0.3) is 11.8 Å². The van der Waals surface area contributed by atoms with E-state index in [1.165, 1.54) is 4.90 Å². The lowest BCUT2D eigenvalue weighted by Gasteiger charge is -2.27. The van der Waals surface area contributed by atoms with Crippen LogP contribution in [0.3, 0.4) is 0 Å². The molecule has 4 aromatic rings. The lowest BCUT2D eigenvalue weighted by molar-refractivity contribution is 0.0608. The summed E-state index contributed by atoms with van der Waals surface area (Å²) in [6, 6.07) is 18.8. The van der Waals surface area contributed by atoms with Gasteiger partial charge in [0.15, 0.2) is 5.75 Å². The third-order valence-corrected chi connectivity index (χ3v) is 6.00. The second-order valence-corrected chi connectivity index (χ2v) is 8.10. The predicted octanol–water partition coefficient (Wildman–Crippen LogP) is 6.36. The number of imide groups is 1. The Balaban J connectivity index is 1.54. The molecule has 2 heterocycles. The molecule has 0 spiro atoms. The third kappa shape index (κ3) is 3.40. The molecular weight excluding hydrogens is 400 g/mol. The molecule has 0 saturated carbocycles. The van der Waals surface area contributed by atoms with Crippen LogP contribution in [0.4, 0.5) is 0 Å². The van der Waals surface area contributed by atoms with Gasteiger partial charge in [-0.2, -0.15) is 0 Å². The lowest BCUT2D eigenvalue weighted by atomic mass is 9.93. The second kappa shape index (κ2) is 8.42. The van der Waals surface area contributed by atoms with Crippen molar-refractivity contribution in [2.45, 2.75) is 32.6 Å². The standard InChI is InChI=1S/C27H24N2O3/c1-2-3-4-5-17-29-26(30)20-12-7-11-19-22(15-14-21(24(19)20)27(29)31)32-23-13-6-9-18-10-8-16-28-25(18)23/h6-16H,2-5,17H2,1H3.